The molecule has 0 radical (unpaired) electrons. The second-order valence-corrected chi connectivity index (χ2v) is 2.60. The molecule has 66 valence electrons. The summed E-state index contributed by atoms with van der Waals surface area (Å²) in [6, 6.07) is 1.92. The lowest BCUT2D eigenvalue weighted by atomic mass is 10.4. The van der Waals surface area contributed by atoms with E-state index in [-0.39, 0.29) is 0 Å². The minimum absolute atomic E-state index is 0.637. The molecule has 0 saturated carbocycles. The maximum atomic E-state index is 5.26. The number of hydrogen-bond acceptors (Lipinski definition) is 4. The average molecular weight is 169 g/mol. The van der Waals surface area contributed by atoms with Crippen molar-refractivity contribution in [2.24, 2.45) is 0 Å². The first kappa shape index (κ1) is 7.57. The highest BCUT2D eigenvalue weighted by Crippen LogP contribution is 2.13. The monoisotopic (exact) mass is 169 g/mol. The van der Waals surface area contributed by atoms with Crippen LogP contribution in [-0.2, 0) is 22.7 Å². The smallest absolute Gasteiger partial charge is 0.172 e. The minimum Gasteiger partial charge on any atom is -0.373 e. The molecule has 2 heterocycles. The van der Waals surface area contributed by atoms with Crippen molar-refractivity contribution < 1.29 is 9.57 Å². The summed E-state index contributed by atoms with van der Waals surface area (Å²) >= 11 is 0. The topological polar surface area (TPSA) is 48.3 Å². The van der Waals surface area contributed by atoms with Crippen LogP contribution in [0, 0.1) is 0 Å². The van der Waals surface area contributed by atoms with Crippen LogP contribution in [0.1, 0.15) is 5.69 Å². The molecule has 0 saturated heterocycles. The molecule has 0 aromatic carbocycles. The average Bonchev–Trinajstić information content (AvgIpc) is 2.47. The Labute approximate surface area is 70.2 Å². The Kier molecular flexibility index (Phi) is 1.97. The summed E-state index contributed by atoms with van der Waals surface area (Å²) in [5.74, 6) is 0.734. The third kappa shape index (κ3) is 1.28. The van der Waals surface area contributed by atoms with Gasteiger partial charge in [0, 0.05) is 6.07 Å². The summed E-state index contributed by atoms with van der Waals surface area (Å²) in [7, 11) is 1.56. The molecule has 1 aromatic heterocycles. The fraction of sp³-hybridized carbons (Fsp3) is 0.571. The van der Waals surface area contributed by atoms with Gasteiger partial charge in [0.05, 0.1) is 32.6 Å². The Morgan fingerprint density at radius 3 is 3.42 bits per heavy atom. The summed E-state index contributed by atoms with van der Waals surface area (Å²) in [5, 5.41) is 4.24. The lowest BCUT2D eigenvalue weighted by Gasteiger charge is -2.12. The third-order valence-corrected chi connectivity index (χ3v) is 1.77. The predicted octanol–water partition coefficient (Wildman–Crippen LogP) is 0.387. The molecule has 0 amide bonds. The fourth-order valence-corrected chi connectivity index (χ4v) is 1.25. The summed E-state index contributed by atoms with van der Waals surface area (Å²) in [4.78, 5) is 4.74. The Hall–Kier alpha value is -1.07. The summed E-state index contributed by atoms with van der Waals surface area (Å²) in [6.45, 7) is 2.19. The van der Waals surface area contributed by atoms with Crippen molar-refractivity contribution >= 4 is 5.82 Å². The lowest BCUT2D eigenvalue weighted by molar-refractivity contribution is 0.0800. The molecule has 5 nitrogen and oxygen atoms in total. The number of aromatic nitrogens is 2. The summed E-state index contributed by atoms with van der Waals surface area (Å²) in [5.41, 5.74) is 3.76. The molecule has 1 aliphatic heterocycles. The van der Waals surface area contributed by atoms with Crippen molar-refractivity contribution in [2.75, 3.05) is 19.2 Å². The van der Waals surface area contributed by atoms with E-state index in [1.54, 1.807) is 7.11 Å². The number of ether oxygens (including phenoxy) is 1. The van der Waals surface area contributed by atoms with Gasteiger partial charge >= 0.3 is 0 Å². The van der Waals surface area contributed by atoms with Crippen LogP contribution >= 0.6 is 0 Å². The first-order valence-corrected chi connectivity index (χ1v) is 3.83. The number of anilines is 1. The van der Waals surface area contributed by atoms with Gasteiger partial charge in [0.15, 0.2) is 5.82 Å². The molecular formula is C7H11N3O2. The molecule has 0 spiro atoms. The van der Waals surface area contributed by atoms with Gasteiger partial charge < -0.3 is 4.74 Å². The highest BCUT2D eigenvalue weighted by molar-refractivity contribution is 5.33. The third-order valence-electron chi connectivity index (χ3n) is 1.77. The fourth-order valence-electron chi connectivity index (χ4n) is 1.25. The van der Waals surface area contributed by atoms with Gasteiger partial charge in [0.1, 0.15) is 0 Å². The van der Waals surface area contributed by atoms with Gasteiger partial charge in [-0.2, -0.15) is 5.10 Å². The number of rotatable bonds is 2. The van der Waals surface area contributed by atoms with E-state index in [1.807, 2.05) is 10.7 Å². The van der Waals surface area contributed by atoms with Crippen molar-refractivity contribution in [1.29, 1.82) is 0 Å². The van der Waals surface area contributed by atoms with Gasteiger partial charge in [-0.05, 0) is 0 Å². The highest BCUT2D eigenvalue weighted by Gasteiger charge is 2.11. The van der Waals surface area contributed by atoms with Crippen LogP contribution in [0.5, 0.6) is 0 Å². The van der Waals surface area contributed by atoms with Crippen molar-refractivity contribution in [3.8, 4) is 0 Å². The Balaban J connectivity index is 2.20. The van der Waals surface area contributed by atoms with E-state index in [0.717, 1.165) is 24.7 Å². The van der Waals surface area contributed by atoms with Gasteiger partial charge in [0.25, 0.3) is 0 Å². The zero-order valence-corrected chi connectivity index (χ0v) is 6.91. The molecule has 2 rings (SSSR count). The first-order chi connectivity index (χ1) is 5.90. The van der Waals surface area contributed by atoms with E-state index in [1.165, 1.54) is 0 Å². The van der Waals surface area contributed by atoms with E-state index < -0.39 is 0 Å². The van der Waals surface area contributed by atoms with E-state index in [9.17, 15) is 0 Å². The van der Waals surface area contributed by atoms with Crippen LogP contribution in [0.15, 0.2) is 6.07 Å². The molecule has 5 heteroatoms. The van der Waals surface area contributed by atoms with Crippen LogP contribution in [-0.4, -0.2) is 23.5 Å². The quantitative estimate of drug-likeness (QED) is 0.650. The largest absolute Gasteiger partial charge is 0.373 e. The molecule has 1 N–H and O–H groups in total. The molecule has 0 fully saturated rings. The van der Waals surface area contributed by atoms with Crippen LogP contribution in [0.4, 0.5) is 5.82 Å². The van der Waals surface area contributed by atoms with Crippen LogP contribution in [0.25, 0.3) is 0 Å². The standard InChI is InChI=1S/C7H11N3O2/c1-11-9-7-4-6-5-12-3-2-10(6)8-7/h4H,2-3,5H2,1H3,(H,8,9). The van der Waals surface area contributed by atoms with Gasteiger partial charge in [0.2, 0.25) is 0 Å². The summed E-state index contributed by atoms with van der Waals surface area (Å²) in [6.07, 6.45) is 0. The van der Waals surface area contributed by atoms with Gasteiger partial charge in [-0.25, -0.2) is 5.48 Å². The predicted molar refractivity (Wildman–Crippen MR) is 42.5 cm³/mol. The van der Waals surface area contributed by atoms with Crippen LogP contribution < -0.4 is 5.48 Å². The lowest BCUT2D eigenvalue weighted by Crippen LogP contribution is -2.16. The Morgan fingerprint density at radius 2 is 2.67 bits per heavy atom. The maximum Gasteiger partial charge on any atom is 0.172 e. The normalized spacial score (nSPS) is 15.8. The van der Waals surface area contributed by atoms with E-state index in [2.05, 4.69) is 10.6 Å². The molecule has 0 aliphatic carbocycles. The number of hydrogen-bond donors (Lipinski definition) is 1. The molecular weight excluding hydrogens is 158 g/mol. The Morgan fingerprint density at radius 1 is 1.75 bits per heavy atom. The van der Waals surface area contributed by atoms with E-state index >= 15 is 0 Å². The number of nitrogens with zero attached hydrogens (tertiary/aromatic N) is 2. The number of nitrogens with one attached hydrogen (secondary N) is 1. The number of fused-ring (bicyclic) bond motifs is 1. The van der Waals surface area contributed by atoms with Crippen molar-refractivity contribution in [2.45, 2.75) is 13.2 Å². The van der Waals surface area contributed by atoms with E-state index in [0.29, 0.717) is 6.61 Å². The molecule has 12 heavy (non-hydrogen) atoms. The SMILES string of the molecule is CONc1cc2n(n1)CCOC2. The maximum absolute atomic E-state index is 5.26. The highest BCUT2D eigenvalue weighted by atomic mass is 16.6. The molecule has 0 unspecified atom stereocenters. The second-order valence-electron chi connectivity index (χ2n) is 2.60. The van der Waals surface area contributed by atoms with Crippen LogP contribution in [0.2, 0.25) is 0 Å². The second kappa shape index (κ2) is 3.12. The molecule has 0 atom stereocenters. The minimum atomic E-state index is 0.637. The van der Waals surface area contributed by atoms with Gasteiger partial charge in [-0.1, -0.05) is 0 Å². The van der Waals surface area contributed by atoms with Crippen molar-refractivity contribution in [1.82, 2.24) is 9.78 Å². The Bertz CT molecular complexity index is 248. The van der Waals surface area contributed by atoms with Gasteiger partial charge in [-0.15, -0.1) is 0 Å². The zero-order valence-electron chi connectivity index (χ0n) is 6.91. The first-order valence-electron chi connectivity index (χ1n) is 3.83. The molecule has 1 aromatic rings. The van der Waals surface area contributed by atoms with Crippen LogP contribution in [0.3, 0.4) is 0 Å². The summed E-state index contributed by atoms with van der Waals surface area (Å²) < 4.78 is 7.18. The van der Waals surface area contributed by atoms with Crippen molar-refractivity contribution in [3.63, 3.8) is 0 Å². The zero-order chi connectivity index (χ0) is 8.39. The van der Waals surface area contributed by atoms with Crippen molar-refractivity contribution in [3.05, 3.63) is 11.8 Å². The van der Waals surface area contributed by atoms with E-state index in [4.69, 9.17) is 9.57 Å². The molecule has 0 bridgehead atoms. The molecule has 1 aliphatic rings. The van der Waals surface area contributed by atoms with Gasteiger partial charge in [-0.3, -0.25) is 9.52 Å².